The number of hydrogen-bond acceptors (Lipinski definition) is 30. The van der Waals surface area contributed by atoms with Gasteiger partial charge in [-0.05, 0) is 110 Å². The fourth-order valence-electron chi connectivity index (χ4n) is 15.4. The first-order valence-electron chi connectivity index (χ1n) is 40.5. The van der Waals surface area contributed by atoms with Gasteiger partial charge >= 0.3 is 0 Å². The number of nitrogen functional groups attached to an aromatic ring is 3. The minimum atomic E-state index is -3.57. The molecule has 736 valence electrons. The summed E-state index contributed by atoms with van der Waals surface area (Å²) in [4.78, 5) is 94.5. The molecule has 52 heteroatoms. The van der Waals surface area contributed by atoms with Crippen molar-refractivity contribution >= 4 is 123 Å². The molecule has 3 aromatic carbocycles. The molecular formula is C89H77F13N24O8S5W2-2. The zero-order valence-electron chi connectivity index (χ0n) is 73.5. The van der Waals surface area contributed by atoms with Gasteiger partial charge in [0.05, 0.1) is 101 Å². The number of ether oxygens (including phenoxy) is 2. The third kappa shape index (κ3) is 21.9. The normalized spacial score (nSPS) is 14.7. The van der Waals surface area contributed by atoms with E-state index in [9.17, 15) is 79.4 Å². The number of alkyl halides is 6. The summed E-state index contributed by atoms with van der Waals surface area (Å²) in [6, 6.07) is 21.7. The molecule has 141 heavy (non-hydrogen) atoms. The van der Waals surface area contributed by atoms with Crippen molar-refractivity contribution in [2.24, 2.45) is 0 Å². The first-order valence-corrected chi connectivity index (χ1v) is 45.9. The molecule has 32 nitrogen and oxygen atoms in total. The topological polar surface area (TPSA) is 423 Å². The van der Waals surface area contributed by atoms with Gasteiger partial charge in [0.1, 0.15) is 118 Å². The SMILES string of the molecule is C.CC(c1nc2ccc(F)cn2c(=O)c1-c1cccc(F)c1)n1nc(-c2cnc(OC3CC(F)(F)C3)s2)c2c(N)ncnc21.CC(c1nc2ccc(F)cn2c(=O)c1-c1cccc(F)c1)n1nc(-c2cnc(S(C)(=O)=O)s2)c2c(N)ncnc21.CSF.C[C@H](c1nc2ccc(F)cn2c(=O)c1-c1cccc(F)c1)n1nc(-c2cnc(OC3CC(F)(F)C3)s2)c2c(N)ncnc21.OC1CC(F)(F)C1.[CH3-].[CH3-].[W].[W]. The molecule has 3 atom stereocenters. The van der Waals surface area contributed by atoms with E-state index in [4.69, 9.17) is 47.1 Å². The van der Waals surface area contributed by atoms with E-state index in [2.05, 4.69) is 59.8 Å². The Labute approximate surface area is 835 Å². The largest absolute Gasteiger partial charge is 0.466 e. The molecule has 3 aliphatic rings. The molecule has 21 rings (SSSR count). The minimum absolute atomic E-state index is 0. The maximum absolute atomic E-state index is 14.3. The van der Waals surface area contributed by atoms with Crippen LogP contribution in [-0.2, 0) is 52.0 Å². The third-order valence-corrected chi connectivity index (χ3v) is 26.3. The van der Waals surface area contributed by atoms with Crippen molar-refractivity contribution in [2.45, 2.75) is 125 Å². The predicted molar refractivity (Wildman–Crippen MR) is 499 cm³/mol. The first-order chi connectivity index (χ1) is 64.7. The van der Waals surface area contributed by atoms with E-state index in [1.54, 1.807) is 39.0 Å². The molecule has 15 aromatic heterocycles. The van der Waals surface area contributed by atoms with E-state index in [-0.39, 0.29) is 220 Å². The molecule has 3 saturated carbocycles. The van der Waals surface area contributed by atoms with E-state index in [1.165, 1.54) is 149 Å². The zero-order chi connectivity index (χ0) is 96.6. The van der Waals surface area contributed by atoms with Crippen LogP contribution < -0.4 is 43.4 Å². The van der Waals surface area contributed by atoms with E-state index < -0.39 is 116 Å². The Hall–Kier alpha value is -13.0. The summed E-state index contributed by atoms with van der Waals surface area (Å²) in [6.45, 7) is 5.18. The van der Waals surface area contributed by atoms with Crippen LogP contribution in [-0.4, -0.2) is 164 Å². The monoisotopic (exact) mass is 2380 g/mol. The number of aliphatic hydroxyl groups is 1. The quantitative estimate of drug-likeness (QED) is 0.0486. The van der Waals surface area contributed by atoms with E-state index in [1.807, 2.05) is 0 Å². The van der Waals surface area contributed by atoms with Crippen LogP contribution in [0.3, 0.4) is 0 Å². The number of aliphatic hydroxyl groups excluding tert-OH is 1. The molecule has 0 bridgehead atoms. The summed E-state index contributed by atoms with van der Waals surface area (Å²) in [5.41, 5.74) is 20.9. The van der Waals surface area contributed by atoms with Gasteiger partial charge < -0.3 is 46.6 Å². The number of nitrogens with two attached hydrogens (primary N) is 3. The number of halogens is 13. The van der Waals surface area contributed by atoms with Gasteiger partial charge in [-0.25, -0.2) is 135 Å². The Kier molecular flexibility index (Phi) is 32.2. The molecule has 0 saturated heterocycles. The Bertz CT molecular complexity index is 7750. The number of aromatic nitrogens is 21. The number of hydrogen-bond donors (Lipinski definition) is 4. The van der Waals surface area contributed by atoms with Gasteiger partial charge in [0, 0.05) is 130 Å². The first kappa shape index (κ1) is 107. The molecule has 0 spiro atoms. The van der Waals surface area contributed by atoms with Crippen molar-refractivity contribution in [2.75, 3.05) is 29.7 Å². The molecule has 7 N–H and O–H groups in total. The number of anilines is 3. The Morgan fingerprint density at radius 3 is 1.00 bits per heavy atom. The molecular weight excluding hydrogens is 2310 g/mol. The van der Waals surface area contributed by atoms with Gasteiger partial charge in [-0.1, -0.05) is 66.5 Å². The van der Waals surface area contributed by atoms with Crippen LogP contribution in [0.4, 0.5) is 74.0 Å². The molecule has 0 aliphatic heterocycles. The van der Waals surface area contributed by atoms with Crippen LogP contribution >= 0.6 is 46.2 Å². The molecule has 15 heterocycles. The van der Waals surface area contributed by atoms with Gasteiger partial charge in [0.15, 0.2) is 16.9 Å². The summed E-state index contributed by atoms with van der Waals surface area (Å²) in [7, 11) is -3.57. The Morgan fingerprint density at radius 2 is 0.738 bits per heavy atom. The number of sulfone groups is 1. The second kappa shape index (κ2) is 42.4. The fourth-order valence-corrected chi connectivity index (χ4v) is 18.8. The maximum Gasteiger partial charge on any atom is 0.274 e. The van der Waals surface area contributed by atoms with Crippen LogP contribution in [0.2, 0.25) is 0 Å². The number of fused-ring (bicyclic) bond motifs is 6. The standard InChI is InChI=1S/2C28H20F4N8O2S.C25H18F2N8O3S2.C4H6F2O.CH3FS.CH4.2CH3.2W/c2*1-13(22-20(14-3-2-4-15(29)7-14)26(41)39-11-16(30)5-6-19(39)37-22)40-25-21(24(33)35-12-36-25)23(38-40)18-10-34-27(43-18)42-17-8-28(31,32)9-17;1-12(20-18(13-4-3-5-14(26)8-13)24(36)34-10-15(27)6-7-17(34)32-20)35-23-19(22(28)30-11-31-23)21(33-35)16-9-29-25(39-16)40(2,37)38;5-4(6)1-3(7)2-4;1-3-2;;;;;/h2*2-7,10-13,17H,8-9H2,1H3,(H2,33,35,36);3-12H,1-2H3,(H2,28,30,31);3,7H,1-2H2;1H3;1H4;2*1H3;;/q;;;;;;2*-1;;/t13-;;;;;;;;;/m1........./s1. The molecule has 3 fully saturated rings. The number of rotatable bonds is 17. The van der Waals surface area contributed by atoms with E-state index in [0.717, 1.165) is 72.1 Å². The number of benzene rings is 3. The summed E-state index contributed by atoms with van der Waals surface area (Å²) < 4.78 is 215. The molecule has 3 aliphatic carbocycles. The van der Waals surface area contributed by atoms with Crippen molar-refractivity contribution in [1.29, 1.82) is 0 Å². The minimum Gasteiger partial charge on any atom is -0.466 e. The van der Waals surface area contributed by atoms with Crippen LogP contribution in [0.1, 0.15) is 102 Å². The number of nitrogens with zero attached hydrogens (tertiary/aromatic N) is 21. The van der Waals surface area contributed by atoms with Crippen LogP contribution in [0.15, 0.2) is 184 Å². The van der Waals surface area contributed by atoms with Gasteiger partial charge in [-0.2, -0.15) is 19.2 Å². The Morgan fingerprint density at radius 1 is 0.447 bits per heavy atom. The number of thiazole rings is 3. The van der Waals surface area contributed by atoms with Crippen molar-refractivity contribution in [3.05, 3.63) is 263 Å². The second-order valence-corrected chi connectivity index (χ2v) is 36.9. The van der Waals surface area contributed by atoms with Gasteiger partial charge in [0.2, 0.25) is 14.2 Å². The summed E-state index contributed by atoms with van der Waals surface area (Å²) in [5.74, 6) is -11.3. The van der Waals surface area contributed by atoms with Gasteiger partial charge in [-0.3, -0.25) is 27.6 Å². The van der Waals surface area contributed by atoms with E-state index in [0.29, 0.717) is 59.2 Å². The second-order valence-electron chi connectivity index (χ2n) is 31.4. The fraction of sp³-hybridized carbons (Fsp3) is 0.236. The molecule has 0 amide bonds. The van der Waals surface area contributed by atoms with Crippen molar-refractivity contribution in [3.63, 3.8) is 0 Å². The molecule has 0 radical (unpaired) electrons. The summed E-state index contributed by atoms with van der Waals surface area (Å²) in [5, 5.41) is 24.1. The average Bonchev–Trinajstić information content (AvgIpc) is 1.67. The average molecular weight is 2390 g/mol. The molecule has 2 unspecified atom stereocenters. The Balaban J connectivity index is 0.000000177. The molecule has 18 aromatic rings. The smallest absolute Gasteiger partial charge is 0.274 e. The maximum atomic E-state index is 14.3. The third-order valence-electron chi connectivity index (χ3n) is 21.8. The van der Waals surface area contributed by atoms with E-state index >= 15 is 0 Å². The van der Waals surface area contributed by atoms with Crippen LogP contribution in [0.25, 0.3) is 115 Å². The van der Waals surface area contributed by atoms with Crippen molar-refractivity contribution in [3.8, 4) is 75.5 Å². The van der Waals surface area contributed by atoms with Crippen molar-refractivity contribution in [1.82, 2.24) is 102 Å². The van der Waals surface area contributed by atoms with Crippen LogP contribution in [0, 0.1) is 49.8 Å². The summed E-state index contributed by atoms with van der Waals surface area (Å²) in [6.07, 6.45) is 9.42. The van der Waals surface area contributed by atoms with Crippen LogP contribution in [0.5, 0.6) is 10.4 Å². The predicted octanol–water partition coefficient (Wildman–Crippen LogP) is 17.6. The summed E-state index contributed by atoms with van der Waals surface area (Å²) >= 11 is 3.37. The number of pyridine rings is 3. The van der Waals surface area contributed by atoms with Gasteiger partial charge in [0.25, 0.3) is 44.8 Å². The van der Waals surface area contributed by atoms with Gasteiger partial charge in [-0.15, -0.1) is 11.3 Å². The van der Waals surface area contributed by atoms with Crippen molar-refractivity contribution < 1.29 is 122 Å². The zero-order valence-corrected chi connectivity index (χ0v) is 83.4.